The number of thioether (sulfide) groups is 1. The van der Waals surface area contributed by atoms with E-state index in [-0.39, 0.29) is 11.1 Å². The molecule has 0 aromatic heterocycles. The van der Waals surface area contributed by atoms with Crippen LogP contribution in [0.4, 0.5) is 4.79 Å². The van der Waals surface area contributed by atoms with E-state index in [1.807, 2.05) is 24.3 Å². The second-order valence-electron chi connectivity index (χ2n) is 4.45. The average Bonchev–Trinajstić information content (AvgIpc) is 2.75. The van der Waals surface area contributed by atoms with Crippen LogP contribution in [0.2, 0.25) is 0 Å². The normalized spacial score (nSPS) is 16.9. The molecule has 1 aliphatic heterocycles. The molecule has 0 unspecified atom stereocenters. The number of ether oxygens (including phenoxy) is 2. The standard InChI is InChI=1S/C15H17NO4S/c1-19-9-3-8-16-14(17)13(21-15(16)18)10-11-4-6-12(20-2)7-5-11/h4-7,10H,3,8-9H2,1-2H3/b13-10+. The molecule has 1 heterocycles. The lowest BCUT2D eigenvalue weighted by atomic mass is 10.2. The van der Waals surface area contributed by atoms with E-state index in [9.17, 15) is 9.59 Å². The summed E-state index contributed by atoms with van der Waals surface area (Å²) in [7, 11) is 3.19. The second kappa shape index (κ2) is 7.28. The van der Waals surface area contributed by atoms with Gasteiger partial charge in [0.25, 0.3) is 11.1 Å². The van der Waals surface area contributed by atoms with Crippen LogP contribution in [0.3, 0.4) is 0 Å². The van der Waals surface area contributed by atoms with Gasteiger partial charge in [0.15, 0.2) is 0 Å². The summed E-state index contributed by atoms with van der Waals surface area (Å²) in [5.74, 6) is 0.511. The van der Waals surface area contributed by atoms with Crippen LogP contribution in [0.1, 0.15) is 12.0 Å². The maximum atomic E-state index is 12.2. The van der Waals surface area contributed by atoms with Crippen LogP contribution in [0.15, 0.2) is 29.2 Å². The number of carbonyl (C=O) groups excluding carboxylic acids is 2. The number of methoxy groups -OCH3 is 2. The highest BCUT2D eigenvalue weighted by molar-refractivity contribution is 8.18. The third kappa shape index (κ3) is 3.86. The summed E-state index contributed by atoms with van der Waals surface area (Å²) in [6.45, 7) is 0.914. The van der Waals surface area contributed by atoms with Gasteiger partial charge >= 0.3 is 0 Å². The Morgan fingerprint density at radius 1 is 1.19 bits per heavy atom. The molecule has 6 heteroatoms. The quantitative estimate of drug-likeness (QED) is 0.597. The molecule has 0 radical (unpaired) electrons. The van der Waals surface area contributed by atoms with Gasteiger partial charge in [0, 0.05) is 20.3 Å². The average molecular weight is 307 g/mol. The van der Waals surface area contributed by atoms with Gasteiger partial charge < -0.3 is 9.47 Å². The van der Waals surface area contributed by atoms with Crippen molar-refractivity contribution in [1.29, 1.82) is 0 Å². The molecule has 21 heavy (non-hydrogen) atoms. The lowest BCUT2D eigenvalue weighted by molar-refractivity contribution is -0.122. The first-order chi connectivity index (χ1) is 10.2. The molecule has 1 aromatic carbocycles. The van der Waals surface area contributed by atoms with Crippen LogP contribution in [-0.4, -0.2) is 43.4 Å². The van der Waals surface area contributed by atoms with E-state index in [4.69, 9.17) is 9.47 Å². The highest BCUT2D eigenvalue weighted by atomic mass is 32.2. The number of nitrogens with zero attached hydrogens (tertiary/aromatic N) is 1. The SMILES string of the molecule is COCCCN1C(=O)S/C(=C/c2ccc(OC)cc2)C1=O. The Hall–Kier alpha value is -1.79. The summed E-state index contributed by atoms with van der Waals surface area (Å²) >= 11 is 0.971. The van der Waals surface area contributed by atoms with Crippen molar-refractivity contribution in [3.63, 3.8) is 0 Å². The van der Waals surface area contributed by atoms with Crippen molar-refractivity contribution in [3.8, 4) is 5.75 Å². The molecule has 0 aliphatic carbocycles. The van der Waals surface area contributed by atoms with E-state index in [1.54, 1.807) is 20.3 Å². The molecule has 0 saturated carbocycles. The summed E-state index contributed by atoms with van der Waals surface area (Å²) in [6.07, 6.45) is 2.37. The first-order valence-corrected chi connectivity index (χ1v) is 7.35. The Morgan fingerprint density at radius 2 is 1.90 bits per heavy atom. The van der Waals surface area contributed by atoms with E-state index in [0.29, 0.717) is 24.5 Å². The fraction of sp³-hybridized carbons (Fsp3) is 0.333. The predicted molar refractivity (Wildman–Crippen MR) is 82.2 cm³/mol. The summed E-state index contributed by atoms with van der Waals surface area (Å²) in [5, 5.41) is -0.226. The topological polar surface area (TPSA) is 55.8 Å². The Labute approximate surface area is 127 Å². The number of hydrogen-bond donors (Lipinski definition) is 0. The molecule has 1 saturated heterocycles. The molecule has 2 rings (SSSR count). The molecule has 0 spiro atoms. The molecular formula is C15H17NO4S. The van der Waals surface area contributed by atoms with Crippen molar-refractivity contribution in [1.82, 2.24) is 4.90 Å². The zero-order valence-electron chi connectivity index (χ0n) is 12.0. The first-order valence-electron chi connectivity index (χ1n) is 6.54. The van der Waals surface area contributed by atoms with Gasteiger partial charge in [-0.1, -0.05) is 12.1 Å². The Morgan fingerprint density at radius 3 is 2.52 bits per heavy atom. The van der Waals surface area contributed by atoms with Crippen LogP contribution in [-0.2, 0) is 9.53 Å². The van der Waals surface area contributed by atoms with Gasteiger partial charge in [-0.25, -0.2) is 0 Å². The van der Waals surface area contributed by atoms with Gasteiger partial charge in [-0.3, -0.25) is 14.5 Å². The van der Waals surface area contributed by atoms with Gasteiger partial charge in [0.1, 0.15) is 5.75 Å². The van der Waals surface area contributed by atoms with Crippen LogP contribution >= 0.6 is 11.8 Å². The zero-order chi connectivity index (χ0) is 15.2. The Balaban J connectivity index is 2.08. The number of carbonyl (C=O) groups is 2. The fourth-order valence-corrected chi connectivity index (χ4v) is 2.78. The molecule has 1 aromatic rings. The summed E-state index contributed by atoms with van der Waals surface area (Å²) in [4.78, 5) is 25.7. The van der Waals surface area contributed by atoms with Crippen molar-refractivity contribution in [2.45, 2.75) is 6.42 Å². The fourth-order valence-electron chi connectivity index (χ4n) is 1.91. The Kier molecular flexibility index (Phi) is 5.41. The molecular weight excluding hydrogens is 290 g/mol. The molecule has 0 N–H and O–H groups in total. The molecule has 2 amide bonds. The monoisotopic (exact) mass is 307 g/mol. The van der Waals surface area contributed by atoms with Crippen molar-refractivity contribution < 1.29 is 19.1 Å². The maximum absolute atomic E-state index is 12.2. The number of benzene rings is 1. The van der Waals surface area contributed by atoms with Crippen molar-refractivity contribution >= 4 is 29.0 Å². The van der Waals surface area contributed by atoms with Crippen LogP contribution in [0.5, 0.6) is 5.75 Å². The van der Waals surface area contributed by atoms with Gasteiger partial charge in [0.2, 0.25) is 0 Å². The molecule has 112 valence electrons. The first kappa shape index (κ1) is 15.6. The van der Waals surface area contributed by atoms with Crippen LogP contribution in [0.25, 0.3) is 6.08 Å². The van der Waals surface area contributed by atoms with E-state index < -0.39 is 0 Å². The minimum absolute atomic E-state index is 0.226. The molecule has 1 aliphatic rings. The number of imide groups is 1. The number of rotatable bonds is 6. The van der Waals surface area contributed by atoms with E-state index >= 15 is 0 Å². The van der Waals surface area contributed by atoms with E-state index in [2.05, 4.69) is 0 Å². The molecule has 0 bridgehead atoms. The lowest BCUT2D eigenvalue weighted by Crippen LogP contribution is -2.29. The minimum Gasteiger partial charge on any atom is -0.497 e. The molecule has 0 atom stereocenters. The van der Waals surface area contributed by atoms with Crippen LogP contribution in [0, 0.1) is 0 Å². The number of hydrogen-bond acceptors (Lipinski definition) is 5. The lowest BCUT2D eigenvalue weighted by Gasteiger charge is -2.11. The van der Waals surface area contributed by atoms with E-state index in [1.165, 1.54) is 4.90 Å². The molecule has 5 nitrogen and oxygen atoms in total. The highest BCUT2D eigenvalue weighted by Gasteiger charge is 2.34. The van der Waals surface area contributed by atoms with Crippen molar-refractivity contribution in [2.24, 2.45) is 0 Å². The van der Waals surface area contributed by atoms with Crippen molar-refractivity contribution in [2.75, 3.05) is 27.4 Å². The van der Waals surface area contributed by atoms with Crippen molar-refractivity contribution in [3.05, 3.63) is 34.7 Å². The zero-order valence-corrected chi connectivity index (χ0v) is 12.8. The summed E-state index contributed by atoms with van der Waals surface area (Å²) < 4.78 is 10.0. The summed E-state index contributed by atoms with van der Waals surface area (Å²) in [6, 6.07) is 7.32. The molecule has 1 fully saturated rings. The highest BCUT2D eigenvalue weighted by Crippen LogP contribution is 2.32. The maximum Gasteiger partial charge on any atom is 0.293 e. The smallest absolute Gasteiger partial charge is 0.293 e. The predicted octanol–water partition coefficient (Wildman–Crippen LogP) is 2.77. The third-order valence-electron chi connectivity index (χ3n) is 3.02. The van der Waals surface area contributed by atoms with Gasteiger partial charge in [-0.05, 0) is 42.0 Å². The van der Waals surface area contributed by atoms with Crippen LogP contribution < -0.4 is 4.74 Å². The van der Waals surface area contributed by atoms with Gasteiger partial charge in [-0.15, -0.1) is 0 Å². The third-order valence-corrected chi connectivity index (χ3v) is 3.92. The second-order valence-corrected chi connectivity index (χ2v) is 5.45. The van der Waals surface area contributed by atoms with E-state index in [0.717, 1.165) is 23.1 Å². The van der Waals surface area contributed by atoms with Gasteiger partial charge in [-0.2, -0.15) is 0 Å². The largest absolute Gasteiger partial charge is 0.497 e. The summed E-state index contributed by atoms with van der Waals surface area (Å²) in [5.41, 5.74) is 0.859. The Bertz CT molecular complexity index is 553. The minimum atomic E-state index is -0.239. The number of amides is 2. The van der Waals surface area contributed by atoms with Gasteiger partial charge in [0.05, 0.1) is 12.0 Å².